The van der Waals surface area contributed by atoms with Crippen molar-refractivity contribution in [2.45, 2.75) is 38.8 Å². The number of fused-ring (bicyclic) bond motifs is 1. The number of aromatic nitrogens is 2. The molecular weight excluding hydrogens is 454 g/mol. The molecule has 34 heavy (non-hydrogen) atoms. The average Bonchev–Trinajstić information content (AvgIpc) is 3.23. The van der Waals surface area contributed by atoms with Crippen LogP contribution in [0.2, 0.25) is 5.02 Å². The molecule has 3 heterocycles. The Morgan fingerprint density at radius 1 is 1.09 bits per heavy atom. The number of carbonyl (C=O) groups is 2. The van der Waals surface area contributed by atoms with E-state index in [1.54, 1.807) is 37.8 Å². The number of benzene rings is 1. The highest BCUT2D eigenvalue weighted by atomic mass is 35.5. The van der Waals surface area contributed by atoms with Crippen molar-refractivity contribution in [2.24, 2.45) is 0 Å². The number of anilines is 1. The van der Waals surface area contributed by atoms with Crippen molar-refractivity contribution in [2.75, 3.05) is 31.1 Å². The number of nitrogens with zero attached hydrogens (tertiary/aromatic N) is 4. The zero-order chi connectivity index (χ0) is 24.3. The fraction of sp³-hybridized carbons (Fsp3) is 0.400. The van der Waals surface area contributed by atoms with Crippen LogP contribution in [0.5, 0.6) is 0 Å². The van der Waals surface area contributed by atoms with Crippen LogP contribution in [-0.4, -0.2) is 64.1 Å². The molecule has 8 nitrogen and oxygen atoms in total. The van der Waals surface area contributed by atoms with Crippen LogP contribution >= 0.6 is 11.6 Å². The van der Waals surface area contributed by atoms with Gasteiger partial charge < -0.3 is 19.9 Å². The molecule has 1 aliphatic heterocycles. The van der Waals surface area contributed by atoms with Crippen LogP contribution in [0.4, 0.5) is 10.6 Å². The largest absolute Gasteiger partial charge is 0.444 e. The lowest BCUT2D eigenvalue weighted by Gasteiger charge is -2.37. The van der Waals surface area contributed by atoms with Crippen LogP contribution in [-0.2, 0) is 16.0 Å². The van der Waals surface area contributed by atoms with Gasteiger partial charge in [0.25, 0.3) is 0 Å². The second-order valence-electron chi connectivity index (χ2n) is 9.39. The number of piperazine rings is 1. The Morgan fingerprint density at radius 2 is 1.79 bits per heavy atom. The minimum absolute atomic E-state index is 0.126. The van der Waals surface area contributed by atoms with Crippen molar-refractivity contribution in [3.8, 4) is 0 Å². The van der Waals surface area contributed by atoms with E-state index in [4.69, 9.17) is 16.3 Å². The molecular formula is C25H30ClN5O3. The lowest BCUT2D eigenvalue weighted by molar-refractivity contribution is -0.133. The van der Waals surface area contributed by atoms with Crippen molar-refractivity contribution < 1.29 is 14.3 Å². The van der Waals surface area contributed by atoms with E-state index < -0.39 is 17.7 Å². The predicted octanol–water partition coefficient (Wildman–Crippen LogP) is 3.77. The summed E-state index contributed by atoms with van der Waals surface area (Å²) in [5, 5.41) is 3.40. The molecule has 2 aromatic heterocycles. The molecule has 9 heteroatoms. The summed E-state index contributed by atoms with van der Waals surface area (Å²) in [5.74, 6) is 0.880. The number of halogens is 1. The second kappa shape index (κ2) is 9.93. The summed E-state index contributed by atoms with van der Waals surface area (Å²) >= 11 is 6.01. The summed E-state index contributed by atoms with van der Waals surface area (Å²) in [6, 6.07) is 12.4. The molecule has 1 N–H and O–H groups in total. The molecule has 4 rings (SSSR count). The zero-order valence-corrected chi connectivity index (χ0v) is 20.5. The van der Waals surface area contributed by atoms with E-state index in [1.165, 1.54) is 0 Å². The number of alkyl carbamates (subject to hydrolysis) is 1. The van der Waals surface area contributed by atoms with E-state index in [0.29, 0.717) is 37.6 Å². The monoisotopic (exact) mass is 483 g/mol. The van der Waals surface area contributed by atoms with E-state index in [2.05, 4.69) is 15.2 Å². The Kier molecular flexibility index (Phi) is 6.97. The molecule has 2 amide bonds. The number of nitrogens with one attached hydrogen (secondary N) is 1. The minimum atomic E-state index is -0.738. The van der Waals surface area contributed by atoms with Gasteiger partial charge in [0, 0.05) is 43.8 Å². The third-order valence-corrected chi connectivity index (χ3v) is 5.91. The fourth-order valence-corrected chi connectivity index (χ4v) is 4.16. The summed E-state index contributed by atoms with van der Waals surface area (Å²) in [4.78, 5) is 34.4. The number of rotatable bonds is 5. The standard InChI is InChI=1S/C25H30ClN5O3/c1-25(2,3)34-24(33)28-20(16-18-7-9-19(26)10-8-18)23(32)30-14-12-29(13-15-30)22-17-27-21-6-4-5-11-31(21)22/h4-11,17,20H,12-16H2,1-3H3,(H,28,33). The maximum absolute atomic E-state index is 13.5. The molecule has 1 atom stereocenters. The SMILES string of the molecule is CC(C)(C)OC(=O)NC(Cc1ccc(Cl)cc1)C(=O)N1CCN(c2cnc3ccccn23)CC1. The third-order valence-electron chi connectivity index (χ3n) is 5.65. The van der Waals surface area contributed by atoms with E-state index in [-0.39, 0.29) is 5.91 Å². The van der Waals surface area contributed by atoms with Crippen LogP contribution in [0.3, 0.4) is 0 Å². The van der Waals surface area contributed by atoms with Crippen LogP contribution < -0.4 is 10.2 Å². The summed E-state index contributed by atoms with van der Waals surface area (Å²) in [5.41, 5.74) is 1.14. The fourth-order valence-electron chi connectivity index (χ4n) is 4.04. The average molecular weight is 484 g/mol. The number of pyridine rings is 1. The smallest absolute Gasteiger partial charge is 0.408 e. The predicted molar refractivity (Wildman–Crippen MR) is 132 cm³/mol. The number of ether oxygens (including phenoxy) is 1. The summed E-state index contributed by atoms with van der Waals surface area (Å²) in [7, 11) is 0. The maximum atomic E-state index is 13.5. The van der Waals surface area contributed by atoms with Gasteiger partial charge in [0.2, 0.25) is 5.91 Å². The molecule has 1 fully saturated rings. The Morgan fingerprint density at radius 3 is 2.47 bits per heavy atom. The van der Waals surface area contributed by atoms with Crippen LogP contribution in [0.25, 0.3) is 5.65 Å². The zero-order valence-electron chi connectivity index (χ0n) is 19.7. The Labute approximate surface area is 204 Å². The van der Waals surface area contributed by atoms with Gasteiger partial charge in [-0.25, -0.2) is 9.78 Å². The van der Waals surface area contributed by atoms with Gasteiger partial charge in [-0.3, -0.25) is 9.20 Å². The van der Waals surface area contributed by atoms with Crippen molar-refractivity contribution >= 4 is 35.1 Å². The molecule has 0 bridgehead atoms. The van der Waals surface area contributed by atoms with Gasteiger partial charge in [-0.05, 0) is 50.6 Å². The normalized spacial score (nSPS) is 15.3. The molecule has 1 saturated heterocycles. The van der Waals surface area contributed by atoms with E-state index in [9.17, 15) is 9.59 Å². The summed E-state index contributed by atoms with van der Waals surface area (Å²) in [6.07, 6.45) is 3.59. The first-order valence-corrected chi connectivity index (χ1v) is 11.8. The van der Waals surface area contributed by atoms with Gasteiger partial charge in [0.05, 0.1) is 6.20 Å². The molecule has 0 aliphatic carbocycles. The molecule has 180 valence electrons. The Bertz CT molecular complexity index is 1150. The van der Waals surface area contributed by atoms with Crippen LogP contribution in [0, 0.1) is 0 Å². The van der Waals surface area contributed by atoms with Gasteiger partial charge in [-0.15, -0.1) is 0 Å². The summed E-state index contributed by atoms with van der Waals surface area (Å²) in [6.45, 7) is 7.83. The van der Waals surface area contributed by atoms with Crippen LogP contribution in [0.15, 0.2) is 54.9 Å². The van der Waals surface area contributed by atoms with E-state index in [1.807, 2.05) is 47.1 Å². The molecule has 3 aromatic rings. The molecule has 0 saturated carbocycles. The topological polar surface area (TPSA) is 79.2 Å². The van der Waals surface area contributed by atoms with Crippen molar-refractivity contribution in [3.05, 3.63) is 65.4 Å². The molecule has 1 unspecified atom stereocenters. The van der Waals surface area contributed by atoms with Gasteiger partial charge in [-0.2, -0.15) is 0 Å². The van der Waals surface area contributed by atoms with E-state index >= 15 is 0 Å². The number of imidazole rings is 1. The highest BCUT2D eigenvalue weighted by Crippen LogP contribution is 2.19. The number of carbonyl (C=O) groups excluding carboxylic acids is 2. The van der Waals surface area contributed by atoms with Crippen LogP contribution in [0.1, 0.15) is 26.3 Å². The number of hydrogen-bond acceptors (Lipinski definition) is 5. The van der Waals surface area contributed by atoms with Gasteiger partial charge in [0.15, 0.2) is 0 Å². The first-order chi connectivity index (χ1) is 16.2. The number of hydrogen-bond donors (Lipinski definition) is 1. The highest BCUT2D eigenvalue weighted by molar-refractivity contribution is 6.30. The Hall–Kier alpha value is -3.26. The third kappa shape index (κ3) is 5.80. The second-order valence-corrected chi connectivity index (χ2v) is 9.82. The van der Waals surface area contributed by atoms with Gasteiger partial charge in [-0.1, -0.05) is 29.8 Å². The van der Waals surface area contributed by atoms with Crippen molar-refractivity contribution in [3.63, 3.8) is 0 Å². The first kappa shape index (κ1) is 23.9. The summed E-state index contributed by atoms with van der Waals surface area (Å²) < 4.78 is 7.46. The molecule has 0 radical (unpaired) electrons. The number of amides is 2. The molecule has 1 aliphatic rings. The molecule has 1 aromatic carbocycles. The van der Waals surface area contributed by atoms with Crippen molar-refractivity contribution in [1.82, 2.24) is 19.6 Å². The lowest BCUT2D eigenvalue weighted by Crippen LogP contribution is -2.56. The molecule has 0 spiro atoms. The Balaban J connectivity index is 1.44. The highest BCUT2D eigenvalue weighted by Gasteiger charge is 2.31. The lowest BCUT2D eigenvalue weighted by atomic mass is 10.0. The quantitative estimate of drug-likeness (QED) is 0.597. The van der Waals surface area contributed by atoms with Gasteiger partial charge >= 0.3 is 6.09 Å². The van der Waals surface area contributed by atoms with Gasteiger partial charge in [0.1, 0.15) is 23.1 Å². The first-order valence-electron chi connectivity index (χ1n) is 11.4. The van der Waals surface area contributed by atoms with E-state index in [0.717, 1.165) is 17.0 Å². The minimum Gasteiger partial charge on any atom is -0.444 e. The van der Waals surface area contributed by atoms with Crippen molar-refractivity contribution in [1.29, 1.82) is 0 Å². The maximum Gasteiger partial charge on any atom is 0.408 e.